The number of carbonyl (C=O) groups excluding carboxylic acids is 3. The van der Waals surface area contributed by atoms with E-state index in [0.29, 0.717) is 13.0 Å². The Morgan fingerprint density at radius 3 is 1.76 bits per heavy atom. The van der Waals surface area contributed by atoms with Gasteiger partial charge in [0.25, 0.3) is 0 Å². The predicted octanol–water partition coefficient (Wildman–Crippen LogP) is 0.688. The molecule has 0 bridgehead atoms. The van der Waals surface area contributed by atoms with Crippen molar-refractivity contribution in [3.05, 3.63) is 0 Å². The molecule has 0 radical (unpaired) electrons. The number of urea groups is 1. The monoisotopic (exact) mass is 506 g/mol. The van der Waals surface area contributed by atoms with Crippen LogP contribution in [0.3, 0.4) is 0 Å². The van der Waals surface area contributed by atoms with Crippen molar-refractivity contribution in [3.8, 4) is 0 Å². The molecule has 0 spiro atoms. The van der Waals surface area contributed by atoms with E-state index in [0.717, 1.165) is 32.1 Å². The number of amides is 4. The lowest BCUT2D eigenvalue weighted by molar-refractivity contribution is -0.141. The summed E-state index contributed by atoms with van der Waals surface area (Å²) in [5.41, 5.74) is 0. The zero-order valence-electron chi connectivity index (χ0n) is 19.1. The first kappa shape index (κ1) is 31.0. The Hall–Kier alpha value is -3.03. The van der Waals surface area contributed by atoms with E-state index in [1.165, 1.54) is 11.9 Å². The van der Waals surface area contributed by atoms with Gasteiger partial charge in [-0.3, -0.25) is 14.4 Å². The molecule has 0 saturated carbocycles. The number of carboxylic acids is 3. The lowest BCUT2D eigenvalue weighted by atomic mass is 10.1. The van der Waals surface area contributed by atoms with Gasteiger partial charge in [0, 0.05) is 32.1 Å². The van der Waals surface area contributed by atoms with Crippen LogP contribution in [0.4, 0.5) is 4.79 Å². The van der Waals surface area contributed by atoms with Crippen molar-refractivity contribution < 1.29 is 44.1 Å². The SMILES string of the molecule is CSNC(=O)CCCCCCCNC(=O)CCC(NC(=O)NC(CCC(=O)O)C(=O)O)C(=O)O. The fourth-order valence-corrected chi connectivity index (χ4v) is 3.17. The highest BCUT2D eigenvalue weighted by Crippen LogP contribution is 2.06. The largest absolute Gasteiger partial charge is 0.481 e. The quantitative estimate of drug-likeness (QED) is 0.0961. The number of nitrogens with one attached hydrogen (secondary N) is 4. The summed E-state index contributed by atoms with van der Waals surface area (Å²) in [6, 6.07) is -4.01. The third-order valence-electron chi connectivity index (χ3n) is 4.63. The molecule has 0 saturated heterocycles. The molecular weight excluding hydrogens is 472 g/mol. The van der Waals surface area contributed by atoms with Crippen LogP contribution in [0.5, 0.6) is 0 Å². The average molecular weight is 507 g/mol. The summed E-state index contributed by atoms with van der Waals surface area (Å²) >= 11 is 1.27. The Balaban J connectivity index is 4.17. The van der Waals surface area contributed by atoms with Gasteiger partial charge in [0.2, 0.25) is 11.8 Å². The third kappa shape index (κ3) is 16.6. The maximum atomic E-state index is 11.9. The van der Waals surface area contributed by atoms with Crippen LogP contribution in [0, 0.1) is 0 Å². The third-order valence-corrected chi connectivity index (χ3v) is 5.06. The van der Waals surface area contributed by atoms with Gasteiger partial charge in [-0.25, -0.2) is 14.4 Å². The Bertz CT molecular complexity index is 706. The summed E-state index contributed by atoms with van der Waals surface area (Å²) in [7, 11) is 0. The molecule has 14 heteroatoms. The van der Waals surface area contributed by atoms with Crippen LogP contribution in [0.15, 0.2) is 0 Å². The zero-order valence-corrected chi connectivity index (χ0v) is 19.9. The van der Waals surface area contributed by atoms with Crippen LogP contribution >= 0.6 is 11.9 Å². The Morgan fingerprint density at radius 1 is 0.706 bits per heavy atom. The second kappa shape index (κ2) is 18.4. The number of rotatable bonds is 19. The molecule has 0 aliphatic heterocycles. The molecule has 2 atom stereocenters. The number of unbranched alkanes of at least 4 members (excludes halogenated alkanes) is 4. The highest BCUT2D eigenvalue weighted by Gasteiger charge is 2.25. The van der Waals surface area contributed by atoms with E-state index in [1.54, 1.807) is 6.26 Å². The fourth-order valence-electron chi connectivity index (χ4n) is 2.84. The van der Waals surface area contributed by atoms with Gasteiger partial charge >= 0.3 is 23.9 Å². The number of aliphatic carboxylic acids is 3. The lowest BCUT2D eigenvalue weighted by Gasteiger charge is -2.18. The van der Waals surface area contributed by atoms with Crippen molar-refractivity contribution in [2.24, 2.45) is 0 Å². The summed E-state index contributed by atoms with van der Waals surface area (Å²) in [6.45, 7) is 0.418. The van der Waals surface area contributed by atoms with Gasteiger partial charge in [-0.2, -0.15) is 0 Å². The molecule has 0 fully saturated rings. The summed E-state index contributed by atoms with van der Waals surface area (Å²) in [5, 5.41) is 33.7. The first-order valence-electron chi connectivity index (χ1n) is 10.9. The second-order valence-electron chi connectivity index (χ2n) is 7.47. The molecule has 0 aromatic heterocycles. The van der Waals surface area contributed by atoms with Crippen molar-refractivity contribution in [3.63, 3.8) is 0 Å². The highest BCUT2D eigenvalue weighted by atomic mass is 32.2. The number of hydrogen-bond donors (Lipinski definition) is 7. The summed E-state index contributed by atoms with van der Waals surface area (Å²) in [5.74, 6) is -4.47. The second-order valence-corrected chi connectivity index (χ2v) is 8.08. The number of carbonyl (C=O) groups is 6. The van der Waals surface area contributed by atoms with E-state index in [9.17, 15) is 33.9 Å². The minimum absolute atomic E-state index is 0.00582. The lowest BCUT2D eigenvalue weighted by Crippen LogP contribution is -2.51. The van der Waals surface area contributed by atoms with Gasteiger partial charge in [0.15, 0.2) is 0 Å². The molecule has 0 heterocycles. The van der Waals surface area contributed by atoms with Crippen LogP contribution in [0.2, 0.25) is 0 Å². The Morgan fingerprint density at radius 2 is 1.24 bits per heavy atom. The standard InChI is InChI=1S/C20H34N4O9S/c1-34-24-16(26)7-5-3-2-4-6-12-21-15(25)10-8-13(18(29)30)22-20(33)23-14(19(31)32)9-11-17(27)28/h13-14H,2-12H2,1H3,(H,21,25)(H,24,26)(H,27,28)(H,29,30)(H,31,32)(H2,22,23,33). The van der Waals surface area contributed by atoms with Gasteiger partial charge in [-0.1, -0.05) is 31.2 Å². The highest BCUT2D eigenvalue weighted by molar-refractivity contribution is 7.97. The van der Waals surface area contributed by atoms with Gasteiger partial charge in [-0.05, 0) is 25.7 Å². The first-order chi connectivity index (χ1) is 16.1. The molecule has 2 unspecified atom stereocenters. The van der Waals surface area contributed by atoms with Gasteiger partial charge < -0.3 is 36.0 Å². The van der Waals surface area contributed by atoms with E-state index in [1.807, 2.05) is 5.32 Å². The smallest absolute Gasteiger partial charge is 0.326 e. The summed E-state index contributed by atoms with van der Waals surface area (Å²) in [6.07, 6.45) is 5.26. The van der Waals surface area contributed by atoms with Crippen LogP contribution in [0.1, 0.15) is 64.2 Å². The minimum atomic E-state index is -1.50. The summed E-state index contributed by atoms with van der Waals surface area (Å²) in [4.78, 5) is 68.2. The number of carboxylic acid groups (broad SMARTS) is 3. The number of hydrogen-bond acceptors (Lipinski definition) is 7. The van der Waals surface area contributed by atoms with Crippen molar-refractivity contribution >= 4 is 47.7 Å². The van der Waals surface area contributed by atoms with Gasteiger partial charge in [0.05, 0.1) is 0 Å². The Kier molecular flexibility index (Phi) is 16.8. The molecule has 194 valence electrons. The van der Waals surface area contributed by atoms with Crippen LogP contribution < -0.4 is 20.7 Å². The van der Waals surface area contributed by atoms with Crippen molar-refractivity contribution in [1.29, 1.82) is 0 Å². The van der Waals surface area contributed by atoms with Crippen LogP contribution in [-0.2, 0) is 24.0 Å². The Labute approximate surface area is 201 Å². The topological polar surface area (TPSA) is 211 Å². The first-order valence-corrected chi connectivity index (χ1v) is 12.1. The molecule has 0 rings (SSSR count). The molecule has 0 aliphatic carbocycles. The molecule has 13 nitrogen and oxygen atoms in total. The normalized spacial score (nSPS) is 12.1. The molecule has 0 aliphatic rings. The van der Waals surface area contributed by atoms with E-state index in [2.05, 4.69) is 15.4 Å². The molecule has 34 heavy (non-hydrogen) atoms. The molecule has 4 amide bonds. The maximum absolute atomic E-state index is 11.9. The fraction of sp³-hybridized carbons (Fsp3) is 0.700. The summed E-state index contributed by atoms with van der Waals surface area (Å²) < 4.78 is 2.65. The maximum Gasteiger partial charge on any atom is 0.326 e. The van der Waals surface area contributed by atoms with Crippen LogP contribution in [0.25, 0.3) is 0 Å². The van der Waals surface area contributed by atoms with Gasteiger partial charge in [0.1, 0.15) is 12.1 Å². The van der Waals surface area contributed by atoms with Crippen molar-refractivity contribution in [2.75, 3.05) is 12.8 Å². The average Bonchev–Trinajstić information content (AvgIpc) is 2.75. The van der Waals surface area contributed by atoms with Crippen molar-refractivity contribution in [2.45, 2.75) is 76.3 Å². The molecule has 0 aromatic carbocycles. The van der Waals surface area contributed by atoms with Crippen molar-refractivity contribution in [1.82, 2.24) is 20.7 Å². The van der Waals surface area contributed by atoms with Crippen LogP contribution in [-0.4, -0.2) is 76.0 Å². The predicted molar refractivity (Wildman–Crippen MR) is 123 cm³/mol. The molecular formula is C20H34N4O9S. The van der Waals surface area contributed by atoms with Gasteiger partial charge in [-0.15, -0.1) is 0 Å². The van der Waals surface area contributed by atoms with E-state index in [4.69, 9.17) is 10.2 Å². The minimum Gasteiger partial charge on any atom is -0.481 e. The van der Waals surface area contributed by atoms with E-state index >= 15 is 0 Å². The van der Waals surface area contributed by atoms with E-state index < -0.39 is 42.4 Å². The van der Waals surface area contributed by atoms with E-state index in [-0.39, 0.29) is 31.1 Å². The molecule has 0 aromatic rings. The zero-order chi connectivity index (χ0) is 25.9. The molecule has 7 N–H and O–H groups in total.